The Morgan fingerprint density at radius 2 is 1.85 bits per heavy atom. The van der Waals surface area contributed by atoms with E-state index < -0.39 is 0 Å². The Balaban J connectivity index is 2.11. The maximum atomic E-state index is 13.4. The Kier molecular flexibility index (Phi) is 5.45. The fourth-order valence-electron chi connectivity index (χ4n) is 2.37. The van der Waals surface area contributed by atoms with Crippen LogP contribution in [0, 0.1) is 18.7 Å². The first kappa shape index (κ1) is 15.3. The number of benzene rings is 2. The summed E-state index contributed by atoms with van der Waals surface area (Å²) in [4.78, 5) is 0. The third-order valence-corrected chi connectivity index (χ3v) is 4.22. The van der Waals surface area contributed by atoms with E-state index in [1.165, 1.54) is 17.2 Å². The normalized spacial score (nSPS) is 12.4. The summed E-state index contributed by atoms with van der Waals surface area (Å²) in [5.74, 6) is 0.409. The molecular weight excluding hydrogens is 294 g/mol. The Labute approximate surface area is 129 Å². The van der Waals surface area contributed by atoms with E-state index in [9.17, 15) is 4.39 Å². The molecule has 0 saturated carbocycles. The zero-order valence-electron chi connectivity index (χ0n) is 11.4. The Morgan fingerprint density at radius 1 is 1.10 bits per heavy atom. The molecule has 0 bridgehead atoms. The van der Waals surface area contributed by atoms with Crippen molar-refractivity contribution in [3.05, 3.63) is 70.0 Å². The van der Waals surface area contributed by atoms with Crippen molar-refractivity contribution < 1.29 is 4.39 Å². The molecule has 0 fully saturated rings. The number of alkyl halides is 1. The van der Waals surface area contributed by atoms with Gasteiger partial charge in [-0.15, -0.1) is 11.6 Å². The van der Waals surface area contributed by atoms with Crippen LogP contribution in [0.5, 0.6) is 0 Å². The van der Waals surface area contributed by atoms with E-state index in [-0.39, 0.29) is 16.8 Å². The average molecular weight is 311 g/mol. The lowest BCUT2D eigenvalue weighted by molar-refractivity contribution is 0.576. The quantitative estimate of drug-likeness (QED) is 0.646. The van der Waals surface area contributed by atoms with E-state index in [0.717, 1.165) is 12.0 Å². The lowest BCUT2D eigenvalue weighted by Crippen LogP contribution is -2.11. The highest BCUT2D eigenvalue weighted by atomic mass is 35.5. The number of hydrogen-bond donors (Lipinski definition) is 0. The molecule has 3 heteroatoms. The van der Waals surface area contributed by atoms with Gasteiger partial charge in [0.1, 0.15) is 5.82 Å². The third kappa shape index (κ3) is 3.97. The molecule has 0 heterocycles. The van der Waals surface area contributed by atoms with Crippen molar-refractivity contribution in [2.75, 3.05) is 5.88 Å². The van der Waals surface area contributed by atoms with Gasteiger partial charge in [-0.3, -0.25) is 0 Å². The van der Waals surface area contributed by atoms with Crippen LogP contribution in [0.1, 0.15) is 16.7 Å². The van der Waals surface area contributed by atoms with Crippen LogP contribution in [-0.4, -0.2) is 5.88 Å². The van der Waals surface area contributed by atoms with Crippen molar-refractivity contribution in [1.82, 2.24) is 0 Å². The molecule has 2 aromatic carbocycles. The van der Waals surface area contributed by atoms with Crippen molar-refractivity contribution in [2.45, 2.75) is 19.8 Å². The number of hydrogen-bond acceptors (Lipinski definition) is 0. The zero-order valence-corrected chi connectivity index (χ0v) is 12.9. The van der Waals surface area contributed by atoms with Gasteiger partial charge in [-0.05, 0) is 42.9 Å². The molecule has 1 unspecified atom stereocenters. The number of aryl methyl sites for hydroxylation is 1. The molecule has 0 nitrogen and oxygen atoms in total. The molecule has 0 radical (unpaired) electrons. The second kappa shape index (κ2) is 7.10. The van der Waals surface area contributed by atoms with Gasteiger partial charge in [0, 0.05) is 5.88 Å². The Hall–Kier alpha value is -1.05. The molecule has 0 aliphatic heterocycles. The molecule has 0 N–H and O–H groups in total. The fourth-order valence-corrected chi connectivity index (χ4v) is 2.79. The molecular formula is C17H17Cl2F. The summed E-state index contributed by atoms with van der Waals surface area (Å²) < 4.78 is 13.4. The van der Waals surface area contributed by atoms with Gasteiger partial charge in [-0.1, -0.05) is 53.6 Å². The molecule has 0 spiro atoms. The first-order valence-corrected chi connectivity index (χ1v) is 7.55. The molecule has 1 atom stereocenters. The predicted octanol–water partition coefficient (Wildman–Crippen LogP) is 5.43. The van der Waals surface area contributed by atoms with Gasteiger partial charge in [-0.25, -0.2) is 4.39 Å². The first-order chi connectivity index (χ1) is 9.60. The summed E-state index contributed by atoms with van der Waals surface area (Å²) in [5, 5.41) is 0.215. The molecule has 0 saturated heterocycles. The monoisotopic (exact) mass is 310 g/mol. The molecule has 0 aliphatic carbocycles. The highest BCUT2D eigenvalue weighted by molar-refractivity contribution is 6.31. The van der Waals surface area contributed by atoms with E-state index >= 15 is 0 Å². The van der Waals surface area contributed by atoms with Crippen LogP contribution < -0.4 is 0 Å². The van der Waals surface area contributed by atoms with Crippen LogP contribution in [0.2, 0.25) is 5.02 Å². The fraction of sp³-hybridized carbons (Fsp3) is 0.294. The highest BCUT2D eigenvalue weighted by Gasteiger charge is 2.13. The topological polar surface area (TPSA) is 0 Å². The van der Waals surface area contributed by atoms with Crippen LogP contribution in [0.15, 0.2) is 42.5 Å². The lowest BCUT2D eigenvalue weighted by atomic mass is 9.93. The Morgan fingerprint density at radius 3 is 2.55 bits per heavy atom. The van der Waals surface area contributed by atoms with Gasteiger partial charge in [-0.2, -0.15) is 0 Å². The summed E-state index contributed by atoms with van der Waals surface area (Å²) in [5.41, 5.74) is 3.31. The van der Waals surface area contributed by atoms with Crippen LogP contribution in [0.3, 0.4) is 0 Å². The molecule has 2 aromatic rings. The number of halogens is 3. The second-order valence-corrected chi connectivity index (χ2v) is 5.82. The second-order valence-electron chi connectivity index (χ2n) is 5.13. The van der Waals surface area contributed by atoms with Gasteiger partial charge in [0.25, 0.3) is 0 Å². The van der Waals surface area contributed by atoms with E-state index in [4.69, 9.17) is 23.2 Å². The maximum absolute atomic E-state index is 13.4. The highest BCUT2D eigenvalue weighted by Crippen LogP contribution is 2.24. The van der Waals surface area contributed by atoms with Crippen LogP contribution in [-0.2, 0) is 12.8 Å². The van der Waals surface area contributed by atoms with Gasteiger partial charge in [0.15, 0.2) is 0 Å². The van der Waals surface area contributed by atoms with E-state index in [1.54, 1.807) is 6.07 Å². The van der Waals surface area contributed by atoms with Crippen LogP contribution >= 0.6 is 23.2 Å². The van der Waals surface area contributed by atoms with Gasteiger partial charge in [0.2, 0.25) is 0 Å². The molecule has 2 rings (SSSR count). The lowest BCUT2D eigenvalue weighted by Gasteiger charge is -2.15. The molecule has 0 aromatic heterocycles. The minimum Gasteiger partial charge on any atom is -0.205 e. The molecule has 20 heavy (non-hydrogen) atoms. The van der Waals surface area contributed by atoms with Crippen molar-refractivity contribution in [2.24, 2.45) is 5.92 Å². The predicted molar refractivity (Wildman–Crippen MR) is 84.2 cm³/mol. The summed E-state index contributed by atoms with van der Waals surface area (Å²) in [6, 6.07) is 13.3. The van der Waals surface area contributed by atoms with E-state index in [0.29, 0.717) is 12.3 Å². The standard InChI is InChI=1S/C17H17Cl2F/c1-12-4-2-5-13(8-12)9-14(11-18)10-15-6-3-7-16(20)17(15)19/h2-8,14H,9-11H2,1H3. The SMILES string of the molecule is Cc1cccc(CC(CCl)Cc2cccc(F)c2Cl)c1. The smallest absolute Gasteiger partial charge is 0.142 e. The largest absolute Gasteiger partial charge is 0.205 e. The van der Waals surface area contributed by atoms with Crippen molar-refractivity contribution in [3.63, 3.8) is 0 Å². The molecule has 0 aliphatic rings. The minimum absolute atomic E-state index is 0.215. The van der Waals surface area contributed by atoms with E-state index in [2.05, 4.69) is 25.1 Å². The summed E-state index contributed by atoms with van der Waals surface area (Å²) in [7, 11) is 0. The summed E-state index contributed by atoms with van der Waals surface area (Å²) in [6.45, 7) is 2.07. The molecule has 0 amide bonds. The van der Waals surface area contributed by atoms with Crippen LogP contribution in [0.4, 0.5) is 4.39 Å². The van der Waals surface area contributed by atoms with E-state index in [1.807, 2.05) is 12.1 Å². The summed E-state index contributed by atoms with van der Waals surface area (Å²) >= 11 is 12.1. The maximum Gasteiger partial charge on any atom is 0.142 e. The zero-order chi connectivity index (χ0) is 14.5. The summed E-state index contributed by atoms with van der Waals surface area (Å²) in [6.07, 6.45) is 1.56. The number of rotatable bonds is 5. The molecule has 106 valence electrons. The van der Waals surface area contributed by atoms with Gasteiger partial charge in [0.05, 0.1) is 5.02 Å². The minimum atomic E-state index is -0.368. The average Bonchev–Trinajstić information content (AvgIpc) is 2.43. The van der Waals surface area contributed by atoms with Gasteiger partial charge >= 0.3 is 0 Å². The Bertz CT molecular complexity index is 581. The third-order valence-electron chi connectivity index (χ3n) is 3.37. The van der Waals surface area contributed by atoms with Crippen LogP contribution in [0.25, 0.3) is 0 Å². The van der Waals surface area contributed by atoms with Gasteiger partial charge < -0.3 is 0 Å². The van der Waals surface area contributed by atoms with Crippen molar-refractivity contribution >= 4 is 23.2 Å². The van der Waals surface area contributed by atoms with Crippen molar-refractivity contribution in [1.29, 1.82) is 0 Å². The first-order valence-electron chi connectivity index (χ1n) is 6.64. The van der Waals surface area contributed by atoms with Crippen molar-refractivity contribution in [3.8, 4) is 0 Å².